The Kier molecular flexibility index (Phi) is 5.00. The van der Waals surface area contributed by atoms with Crippen LogP contribution in [0.25, 0.3) is 0 Å². The number of amides is 1. The van der Waals surface area contributed by atoms with Crippen LogP contribution in [0.1, 0.15) is 44.1 Å². The summed E-state index contributed by atoms with van der Waals surface area (Å²) in [4.78, 5) is 11.6. The van der Waals surface area contributed by atoms with Crippen LogP contribution in [0.15, 0.2) is 0 Å². The molecule has 1 heterocycles. The highest BCUT2D eigenvalue weighted by Gasteiger charge is 2.15. The Morgan fingerprint density at radius 3 is 2.59 bits per heavy atom. The second-order valence-corrected chi connectivity index (χ2v) is 4.80. The lowest BCUT2D eigenvalue weighted by Crippen LogP contribution is -2.13. The van der Waals surface area contributed by atoms with E-state index in [-0.39, 0.29) is 5.91 Å². The zero-order valence-corrected chi connectivity index (χ0v) is 11.6. The van der Waals surface area contributed by atoms with Gasteiger partial charge in [-0.2, -0.15) is 5.10 Å². The Morgan fingerprint density at radius 2 is 2.12 bits per heavy atom. The molecule has 96 valence electrons. The molecule has 0 aliphatic carbocycles. The van der Waals surface area contributed by atoms with Crippen molar-refractivity contribution in [3.05, 3.63) is 11.4 Å². The van der Waals surface area contributed by atoms with Gasteiger partial charge in [0, 0.05) is 18.3 Å². The maximum Gasteiger partial charge on any atom is 0.224 e. The Morgan fingerprint density at radius 1 is 1.47 bits per heavy atom. The molecule has 1 aromatic rings. The molecule has 0 spiro atoms. The molecule has 0 radical (unpaired) electrons. The van der Waals surface area contributed by atoms with Crippen molar-refractivity contribution in [1.82, 2.24) is 9.78 Å². The molecule has 0 aliphatic rings. The van der Waals surface area contributed by atoms with Crippen LogP contribution in [0.3, 0.4) is 0 Å². The highest BCUT2D eigenvalue weighted by Crippen LogP contribution is 2.22. The van der Waals surface area contributed by atoms with Crippen LogP contribution in [0.2, 0.25) is 0 Å². The first-order valence-corrected chi connectivity index (χ1v) is 6.42. The third-order valence-corrected chi connectivity index (χ3v) is 2.88. The third kappa shape index (κ3) is 3.46. The highest BCUT2D eigenvalue weighted by molar-refractivity contribution is 6.18. The van der Waals surface area contributed by atoms with Crippen LogP contribution < -0.4 is 5.32 Å². The number of aryl methyl sites for hydroxylation is 1. The van der Waals surface area contributed by atoms with Gasteiger partial charge in [0.1, 0.15) is 0 Å². The van der Waals surface area contributed by atoms with Crippen molar-refractivity contribution in [2.24, 2.45) is 0 Å². The van der Waals surface area contributed by atoms with Gasteiger partial charge in [0.2, 0.25) is 5.91 Å². The van der Waals surface area contributed by atoms with Crippen LogP contribution in [0, 0.1) is 13.8 Å². The van der Waals surface area contributed by atoms with Gasteiger partial charge in [0.05, 0.1) is 17.1 Å². The summed E-state index contributed by atoms with van der Waals surface area (Å²) in [5.74, 6) is 0.511. The first kappa shape index (κ1) is 14.0. The van der Waals surface area contributed by atoms with Crippen molar-refractivity contribution in [3.8, 4) is 0 Å². The summed E-state index contributed by atoms with van der Waals surface area (Å²) in [5, 5.41) is 7.33. The smallest absolute Gasteiger partial charge is 0.224 e. The third-order valence-electron chi connectivity index (χ3n) is 2.62. The molecule has 4 nitrogen and oxygen atoms in total. The van der Waals surface area contributed by atoms with Crippen molar-refractivity contribution in [3.63, 3.8) is 0 Å². The summed E-state index contributed by atoms with van der Waals surface area (Å²) in [5.41, 5.74) is 2.69. The normalized spacial score (nSPS) is 10.9. The van der Waals surface area contributed by atoms with E-state index in [0.717, 1.165) is 17.1 Å². The predicted molar refractivity (Wildman–Crippen MR) is 70.7 cm³/mol. The molecule has 1 aromatic heterocycles. The fourth-order valence-electron chi connectivity index (χ4n) is 1.78. The van der Waals surface area contributed by atoms with E-state index in [1.54, 1.807) is 0 Å². The first-order valence-electron chi connectivity index (χ1n) is 5.89. The summed E-state index contributed by atoms with van der Waals surface area (Å²) in [6.07, 6.45) is 1.15. The summed E-state index contributed by atoms with van der Waals surface area (Å²) < 4.78 is 1.92. The molecule has 17 heavy (non-hydrogen) atoms. The predicted octanol–water partition coefficient (Wildman–Crippen LogP) is 3.04. The van der Waals surface area contributed by atoms with Crippen molar-refractivity contribution in [2.75, 3.05) is 11.2 Å². The second-order valence-electron chi connectivity index (χ2n) is 4.42. The van der Waals surface area contributed by atoms with E-state index >= 15 is 0 Å². The maximum atomic E-state index is 11.6. The van der Waals surface area contributed by atoms with Crippen molar-refractivity contribution >= 4 is 23.2 Å². The minimum Gasteiger partial charge on any atom is -0.323 e. The summed E-state index contributed by atoms with van der Waals surface area (Å²) in [7, 11) is 0. The van der Waals surface area contributed by atoms with Crippen molar-refractivity contribution < 1.29 is 4.79 Å². The lowest BCUT2D eigenvalue weighted by molar-refractivity contribution is -0.116. The molecular formula is C12H20ClN3O. The Hall–Kier alpha value is -1.03. The Labute approximate surface area is 107 Å². The van der Waals surface area contributed by atoms with Crippen LogP contribution in [0.5, 0.6) is 0 Å². The molecule has 0 unspecified atom stereocenters. The van der Waals surface area contributed by atoms with E-state index in [1.165, 1.54) is 0 Å². The zero-order chi connectivity index (χ0) is 13.0. The summed E-state index contributed by atoms with van der Waals surface area (Å²) >= 11 is 5.56. The monoisotopic (exact) mass is 257 g/mol. The van der Waals surface area contributed by atoms with Gasteiger partial charge in [-0.3, -0.25) is 9.48 Å². The largest absolute Gasteiger partial charge is 0.323 e. The van der Waals surface area contributed by atoms with Crippen LogP contribution in [-0.2, 0) is 4.79 Å². The Balaban J connectivity index is 2.81. The van der Waals surface area contributed by atoms with Gasteiger partial charge < -0.3 is 5.32 Å². The Bertz CT molecular complexity index is 399. The lowest BCUT2D eigenvalue weighted by atomic mass is 10.2. The summed E-state index contributed by atoms with van der Waals surface area (Å²) in [6, 6.07) is 0.294. The van der Waals surface area contributed by atoms with E-state index in [9.17, 15) is 4.79 Å². The van der Waals surface area contributed by atoms with Crippen LogP contribution in [0.4, 0.5) is 5.69 Å². The first-order chi connectivity index (χ1) is 7.97. The quantitative estimate of drug-likeness (QED) is 0.825. The number of carbonyl (C=O) groups excluding carboxylic acids is 1. The molecule has 1 N–H and O–H groups in total. The van der Waals surface area contributed by atoms with Crippen LogP contribution >= 0.6 is 11.6 Å². The number of anilines is 1. The number of rotatable bonds is 5. The SMILES string of the molecule is Cc1nn(C(C)C)c(C)c1NC(=O)CCCCl. The molecule has 0 bridgehead atoms. The number of hydrogen-bond acceptors (Lipinski definition) is 2. The van der Waals surface area contributed by atoms with E-state index < -0.39 is 0 Å². The van der Waals surface area contributed by atoms with Crippen molar-refractivity contribution in [1.29, 1.82) is 0 Å². The molecule has 5 heteroatoms. The van der Waals surface area contributed by atoms with Gasteiger partial charge >= 0.3 is 0 Å². The molecule has 1 rings (SSSR count). The number of alkyl halides is 1. The van der Waals surface area contributed by atoms with Gasteiger partial charge in [0.15, 0.2) is 0 Å². The van der Waals surface area contributed by atoms with Gasteiger partial charge in [-0.25, -0.2) is 0 Å². The molecule has 1 amide bonds. The molecule has 0 saturated carbocycles. The number of hydrogen-bond donors (Lipinski definition) is 1. The standard InChI is InChI=1S/C12H20ClN3O/c1-8(2)16-10(4)12(9(3)15-16)14-11(17)6-5-7-13/h8H,5-7H2,1-4H3,(H,14,17). The average molecular weight is 258 g/mol. The molecule has 0 fully saturated rings. The van der Waals surface area contributed by atoms with Gasteiger partial charge in [0.25, 0.3) is 0 Å². The van der Waals surface area contributed by atoms with Crippen molar-refractivity contribution in [2.45, 2.75) is 46.6 Å². The average Bonchev–Trinajstić information content (AvgIpc) is 2.54. The summed E-state index contributed by atoms with van der Waals surface area (Å²) in [6.45, 7) is 8.01. The molecular weight excluding hydrogens is 238 g/mol. The minimum atomic E-state index is 0.000145. The zero-order valence-electron chi connectivity index (χ0n) is 10.9. The van der Waals surface area contributed by atoms with E-state index in [2.05, 4.69) is 24.3 Å². The van der Waals surface area contributed by atoms with Gasteiger partial charge in [-0.05, 0) is 34.1 Å². The fraction of sp³-hybridized carbons (Fsp3) is 0.667. The van der Waals surface area contributed by atoms with E-state index in [4.69, 9.17) is 11.6 Å². The number of halogens is 1. The number of nitrogens with zero attached hydrogens (tertiary/aromatic N) is 2. The van der Waals surface area contributed by atoms with Gasteiger partial charge in [-0.1, -0.05) is 0 Å². The van der Waals surface area contributed by atoms with E-state index in [1.807, 2.05) is 18.5 Å². The number of nitrogens with one attached hydrogen (secondary N) is 1. The topological polar surface area (TPSA) is 46.9 Å². The highest BCUT2D eigenvalue weighted by atomic mass is 35.5. The fourth-order valence-corrected chi connectivity index (χ4v) is 1.91. The van der Waals surface area contributed by atoms with Gasteiger partial charge in [-0.15, -0.1) is 11.6 Å². The number of carbonyl (C=O) groups is 1. The van der Waals surface area contributed by atoms with Crippen LogP contribution in [-0.4, -0.2) is 21.6 Å². The van der Waals surface area contributed by atoms with E-state index in [0.29, 0.717) is 24.8 Å². The molecule has 0 saturated heterocycles. The maximum absolute atomic E-state index is 11.6. The minimum absolute atomic E-state index is 0.000145. The lowest BCUT2D eigenvalue weighted by Gasteiger charge is -2.09. The molecule has 0 aliphatic heterocycles. The molecule has 0 atom stereocenters. The second kappa shape index (κ2) is 6.05. The molecule has 0 aromatic carbocycles. The number of aromatic nitrogens is 2.